The average Bonchev–Trinajstić information content (AvgIpc) is 2.66. The van der Waals surface area contributed by atoms with Gasteiger partial charge in [-0.2, -0.15) is 0 Å². The summed E-state index contributed by atoms with van der Waals surface area (Å²) in [5.41, 5.74) is 7.38. The van der Waals surface area contributed by atoms with Gasteiger partial charge in [-0.25, -0.2) is 23.3 Å². The van der Waals surface area contributed by atoms with Crippen molar-refractivity contribution in [1.29, 1.82) is 0 Å². The molecule has 0 radical (unpaired) electrons. The molecule has 172 valence electrons. The fourth-order valence-corrected chi connectivity index (χ4v) is 3.69. The van der Waals surface area contributed by atoms with E-state index in [1.807, 2.05) is 13.0 Å². The first kappa shape index (κ1) is 23.6. The van der Waals surface area contributed by atoms with Crippen molar-refractivity contribution in [3.8, 4) is 5.75 Å². The smallest absolute Gasteiger partial charge is 0.408 e. The lowest BCUT2D eigenvalue weighted by Crippen LogP contribution is -2.36. The summed E-state index contributed by atoms with van der Waals surface area (Å²) in [6.07, 6.45) is -0.519. The molecule has 32 heavy (non-hydrogen) atoms. The van der Waals surface area contributed by atoms with Gasteiger partial charge in [-0.1, -0.05) is 18.2 Å². The van der Waals surface area contributed by atoms with Crippen LogP contribution in [0.1, 0.15) is 44.9 Å². The largest absolute Gasteiger partial charge is 0.481 e. The number of alkyl carbamates (subject to hydrolysis) is 1. The number of amidine groups is 1. The zero-order valence-electron chi connectivity index (χ0n) is 18.5. The molecule has 0 saturated carbocycles. The van der Waals surface area contributed by atoms with Gasteiger partial charge in [-0.3, -0.25) is 0 Å². The number of amides is 1. The number of rotatable bonds is 5. The number of hydrogen-bond acceptors (Lipinski definition) is 7. The van der Waals surface area contributed by atoms with Gasteiger partial charge in [0.25, 0.3) is 0 Å². The van der Waals surface area contributed by atoms with E-state index in [1.165, 1.54) is 12.1 Å². The van der Waals surface area contributed by atoms with Crippen LogP contribution in [0.2, 0.25) is 0 Å². The molecule has 0 spiro atoms. The molecule has 1 amide bonds. The van der Waals surface area contributed by atoms with Crippen LogP contribution in [0, 0.1) is 0 Å². The van der Waals surface area contributed by atoms with Crippen molar-refractivity contribution in [1.82, 2.24) is 5.32 Å². The zero-order chi connectivity index (χ0) is 23.7. The number of nitrogens with zero attached hydrogens (tertiary/aromatic N) is 1. The van der Waals surface area contributed by atoms with Crippen molar-refractivity contribution in [2.75, 3.05) is 0 Å². The second-order valence-corrected chi connectivity index (χ2v) is 10.2. The topological polar surface area (TPSA) is 146 Å². The highest BCUT2D eigenvalue weighted by Crippen LogP contribution is 2.35. The highest BCUT2D eigenvalue weighted by molar-refractivity contribution is 7.89. The van der Waals surface area contributed by atoms with Gasteiger partial charge in [0.15, 0.2) is 6.10 Å². The fourth-order valence-electron chi connectivity index (χ4n) is 3.17. The number of fused-ring (bicyclic) bond motifs is 1. The Morgan fingerprint density at radius 3 is 2.47 bits per heavy atom. The van der Waals surface area contributed by atoms with E-state index in [4.69, 9.17) is 20.3 Å². The Bertz CT molecular complexity index is 1140. The van der Waals surface area contributed by atoms with Crippen LogP contribution < -0.4 is 20.9 Å². The molecule has 2 aromatic carbocycles. The molecular formula is C22H28N4O5S. The number of ether oxygens (including phenoxy) is 2. The molecular weight excluding hydrogens is 432 g/mol. The second kappa shape index (κ2) is 8.79. The number of benzene rings is 2. The average molecular weight is 461 g/mol. The minimum atomic E-state index is -3.79. The Kier molecular flexibility index (Phi) is 6.47. The molecule has 1 heterocycles. The molecule has 0 aliphatic carbocycles. The Labute approximate surface area is 187 Å². The maximum absolute atomic E-state index is 12.5. The van der Waals surface area contributed by atoms with Gasteiger partial charge < -0.3 is 20.5 Å². The van der Waals surface area contributed by atoms with Gasteiger partial charge in [0.2, 0.25) is 10.0 Å². The third kappa shape index (κ3) is 5.98. The van der Waals surface area contributed by atoms with E-state index in [-0.39, 0.29) is 11.0 Å². The van der Waals surface area contributed by atoms with E-state index in [1.54, 1.807) is 45.0 Å². The number of hydrogen-bond donors (Lipinski definition) is 3. The predicted octanol–water partition coefficient (Wildman–Crippen LogP) is 2.91. The number of nitrogens with two attached hydrogens (primary N) is 2. The van der Waals surface area contributed by atoms with Crippen LogP contribution in [0.5, 0.6) is 5.75 Å². The number of aliphatic imine (C=N–C) groups is 1. The van der Waals surface area contributed by atoms with Gasteiger partial charge in [0, 0.05) is 0 Å². The third-order valence-electron chi connectivity index (χ3n) is 4.74. The molecule has 3 rings (SSSR count). The van der Waals surface area contributed by atoms with Gasteiger partial charge in [0.1, 0.15) is 22.9 Å². The van der Waals surface area contributed by atoms with E-state index in [0.717, 1.165) is 11.1 Å². The predicted molar refractivity (Wildman–Crippen MR) is 121 cm³/mol. The van der Waals surface area contributed by atoms with Gasteiger partial charge in [-0.15, -0.1) is 0 Å². The molecule has 0 aromatic heterocycles. The molecule has 0 fully saturated rings. The summed E-state index contributed by atoms with van der Waals surface area (Å²) in [5, 5.41) is 8.06. The lowest BCUT2D eigenvalue weighted by Gasteiger charge is -2.26. The Morgan fingerprint density at radius 1 is 1.22 bits per heavy atom. The Balaban J connectivity index is 1.91. The van der Waals surface area contributed by atoms with Crippen LogP contribution in [-0.2, 0) is 21.2 Å². The summed E-state index contributed by atoms with van der Waals surface area (Å²) in [6, 6.07) is 11.1. The molecule has 0 bridgehead atoms. The molecule has 10 heteroatoms. The summed E-state index contributed by atoms with van der Waals surface area (Å²) >= 11 is 0. The minimum Gasteiger partial charge on any atom is -0.481 e. The van der Waals surface area contributed by atoms with Gasteiger partial charge in [-0.05, 0) is 69.5 Å². The van der Waals surface area contributed by atoms with Crippen LogP contribution in [0.15, 0.2) is 52.4 Å². The van der Waals surface area contributed by atoms with Crippen molar-refractivity contribution in [3.05, 3.63) is 53.6 Å². The number of primary sulfonamides is 1. The van der Waals surface area contributed by atoms with Crippen molar-refractivity contribution in [2.24, 2.45) is 15.9 Å². The van der Waals surface area contributed by atoms with E-state index in [9.17, 15) is 13.2 Å². The first-order chi connectivity index (χ1) is 14.8. The van der Waals surface area contributed by atoms with Gasteiger partial charge in [0.05, 0.1) is 10.9 Å². The van der Waals surface area contributed by atoms with Crippen LogP contribution >= 0.6 is 0 Å². The minimum absolute atomic E-state index is 0.0164. The lowest BCUT2D eigenvalue weighted by molar-refractivity contribution is 0.0503. The van der Waals surface area contributed by atoms with Crippen LogP contribution in [-0.4, -0.2) is 32.1 Å². The number of carbonyl (C=O) groups excluding carboxylic acids is 1. The fraction of sp³-hybridized carbons (Fsp3) is 0.364. The normalized spacial score (nSPS) is 16.9. The highest BCUT2D eigenvalue weighted by Gasteiger charge is 2.24. The van der Waals surface area contributed by atoms with Crippen LogP contribution in [0.4, 0.5) is 10.5 Å². The summed E-state index contributed by atoms with van der Waals surface area (Å²) < 4.78 is 34.2. The number of carbonyl (C=O) groups is 1. The molecule has 9 nitrogen and oxygen atoms in total. The molecule has 2 atom stereocenters. The number of sulfonamides is 1. The summed E-state index contributed by atoms with van der Waals surface area (Å²) in [5.74, 6) is 0.967. The zero-order valence-corrected chi connectivity index (χ0v) is 19.3. The maximum Gasteiger partial charge on any atom is 0.408 e. The van der Waals surface area contributed by atoms with E-state index < -0.39 is 27.8 Å². The number of nitrogens with one attached hydrogen (secondary N) is 1. The lowest BCUT2D eigenvalue weighted by atomic mass is 9.98. The molecule has 2 aromatic rings. The van der Waals surface area contributed by atoms with E-state index in [2.05, 4.69) is 10.3 Å². The van der Waals surface area contributed by atoms with Crippen molar-refractivity contribution in [2.45, 2.75) is 56.8 Å². The molecule has 5 N–H and O–H groups in total. The molecule has 1 aliphatic heterocycles. The molecule has 1 aliphatic rings. The third-order valence-corrected chi connectivity index (χ3v) is 5.67. The SMILES string of the molecule is CC1Oc2ccc(C(Cc3ccc(S(N)(=O)=O)cc3)NC(=O)OC(C)(C)C)cc2N=C1N. The summed E-state index contributed by atoms with van der Waals surface area (Å²) in [6.45, 7) is 7.15. The van der Waals surface area contributed by atoms with Crippen molar-refractivity contribution < 1.29 is 22.7 Å². The first-order valence-electron chi connectivity index (χ1n) is 10.1. The van der Waals surface area contributed by atoms with Crippen molar-refractivity contribution in [3.63, 3.8) is 0 Å². The molecule has 0 saturated heterocycles. The van der Waals surface area contributed by atoms with Gasteiger partial charge >= 0.3 is 6.09 Å². The van der Waals surface area contributed by atoms with Crippen molar-refractivity contribution >= 4 is 27.6 Å². The monoisotopic (exact) mass is 460 g/mol. The van der Waals surface area contributed by atoms with E-state index >= 15 is 0 Å². The maximum atomic E-state index is 12.5. The first-order valence-corrected chi connectivity index (χ1v) is 11.6. The summed E-state index contributed by atoms with van der Waals surface area (Å²) in [7, 11) is -3.79. The quantitative estimate of drug-likeness (QED) is 0.625. The Hall–Kier alpha value is -3.11. The molecule has 2 unspecified atom stereocenters. The van der Waals surface area contributed by atoms with E-state index in [0.29, 0.717) is 23.7 Å². The van der Waals surface area contributed by atoms with Crippen LogP contribution in [0.3, 0.4) is 0 Å². The summed E-state index contributed by atoms with van der Waals surface area (Å²) in [4.78, 5) is 16.9. The Morgan fingerprint density at radius 2 is 1.88 bits per heavy atom. The standard InChI is InChI=1S/C22H28N4O5S/c1-13-20(23)25-18-12-15(7-10-19(18)30-13)17(26-21(27)31-22(2,3)4)11-14-5-8-16(9-6-14)32(24,28)29/h5-10,12-13,17H,11H2,1-4H3,(H2,23,25)(H,26,27)(H2,24,28,29). The highest BCUT2D eigenvalue weighted by atomic mass is 32.2. The second-order valence-electron chi connectivity index (χ2n) is 8.62. The van der Waals surface area contributed by atoms with Crippen LogP contribution in [0.25, 0.3) is 0 Å².